The molecule has 53 heavy (non-hydrogen) atoms. The summed E-state index contributed by atoms with van der Waals surface area (Å²) in [6, 6.07) is 20.4. The molecular weight excluding hydrogens is 835 g/mol. The van der Waals surface area contributed by atoms with Crippen molar-refractivity contribution in [2.75, 3.05) is 0 Å². The van der Waals surface area contributed by atoms with Crippen LogP contribution in [0.25, 0.3) is 54.9 Å². The Balaban J connectivity index is 0.000000299. The Morgan fingerprint density at radius 2 is 1.45 bits per heavy atom. The summed E-state index contributed by atoms with van der Waals surface area (Å²) in [6.45, 7) is 25.4. The van der Waals surface area contributed by atoms with Gasteiger partial charge in [0.25, 0.3) is 0 Å². The van der Waals surface area contributed by atoms with Gasteiger partial charge >= 0.3 is 0 Å². The Morgan fingerprint density at radius 3 is 2.04 bits per heavy atom. The molecule has 0 aliphatic rings. The molecule has 0 saturated heterocycles. The first kappa shape index (κ1) is 42.0. The van der Waals surface area contributed by atoms with Gasteiger partial charge < -0.3 is 13.9 Å². The smallest absolute Gasteiger partial charge is 0.164 e. The maximum absolute atomic E-state index is 12.2. The van der Waals surface area contributed by atoms with Gasteiger partial charge in [-0.05, 0) is 67.7 Å². The van der Waals surface area contributed by atoms with Crippen molar-refractivity contribution in [3.05, 3.63) is 89.5 Å². The van der Waals surface area contributed by atoms with E-state index in [1.165, 1.54) is 22.6 Å². The van der Waals surface area contributed by atoms with Gasteiger partial charge in [-0.2, -0.15) is 0 Å². The van der Waals surface area contributed by atoms with Gasteiger partial charge in [0, 0.05) is 71.5 Å². The van der Waals surface area contributed by atoms with Gasteiger partial charge in [-0.3, -0.25) is 9.78 Å². The number of allylic oxidation sites excluding steroid dienone is 2. The topological polar surface area (TPSA) is 76.5 Å². The van der Waals surface area contributed by atoms with Crippen LogP contribution in [0.3, 0.4) is 0 Å². The molecule has 0 bridgehead atoms. The Morgan fingerprint density at radius 1 is 0.849 bits per heavy atom. The Labute approximate surface area is 330 Å². The number of carbonyl (C=O) groups is 1. The number of aliphatic hydroxyl groups excluding tert-OH is 1. The summed E-state index contributed by atoms with van der Waals surface area (Å²) in [6.07, 6.45) is 7.56. The third-order valence-electron chi connectivity index (χ3n) is 11.6. The minimum atomic E-state index is -0.337. The number of furan rings is 2. The van der Waals surface area contributed by atoms with Gasteiger partial charge in [-0.15, -0.1) is 29.1 Å². The molecule has 1 N–H and O–H groups in total. The standard InChI is InChI=1S/C32H30NO2.C15H28O2.Ir/c1-18(2)15-27-19(3)28-25(34-27)11-12-26-29(28)23-13-14-33-30(31(23)35-26)21-16-20-9-7-8-10-22(20)24(17-21)32(4,5)6;1-7-14(5,8-2)12(16)11-13(17)15(6,9-3)10-4;/h7-14,17-18H,15H2,1-6H3;11,16H,7-10H2,1-6H3;/q-1;;/b;12-11-;. The number of hydrogen-bond donors (Lipinski definition) is 1. The Hall–Kier alpha value is -3.73. The second-order valence-corrected chi connectivity index (χ2v) is 16.5. The quantitative estimate of drug-likeness (QED) is 0.0842. The van der Waals surface area contributed by atoms with E-state index in [-0.39, 0.29) is 47.9 Å². The van der Waals surface area contributed by atoms with E-state index < -0.39 is 0 Å². The molecule has 3 aromatic carbocycles. The third-order valence-corrected chi connectivity index (χ3v) is 11.6. The maximum atomic E-state index is 12.2. The molecule has 1 radical (unpaired) electrons. The number of ketones is 1. The molecule has 0 fully saturated rings. The average molecular weight is 893 g/mol. The van der Waals surface area contributed by atoms with E-state index >= 15 is 0 Å². The first-order valence-corrected chi connectivity index (χ1v) is 19.1. The average Bonchev–Trinajstić information content (AvgIpc) is 3.66. The third kappa shape index (κ3) is 8.20. The Bertz CT molecular complexity index is 2250. The number of rotatable bonds is 10. The number of aryl methyl sites for hydroxylation is 1. The fourth-order valence-electron chi connectivity index (χ4n) is 7.00. The molecular formula is C47H58IrNO4-. The van der Waals surface area contributed by atoms with Gasteiger partial charge in [0.05, 0.1) is 0 Å². The van der Waals surface area contributed by atoms with E-state index in [9.17, 15) is 9.90 Å². The van der Waals surface area contributed by atoms with E-state index in [2.05, 4.69) is 84.0 Å². The Kier molecular flexibility index (Phi) is 12.9. The zero-order valence-corrected chi connectivity index (χ0v) is 36.2. The van der Waals surface area contributed by atoms with E-state index in [4.69, 9.17) is 13.8 Å². The van der Waals surface area contributed by atoms with Crippen LogP contribution >= 0.6 is 0 Å². The summed E-state index contributed by atoms with van der Waals surface area (Å²) in [5.41, 5.74) is 6.22. The number of aromatic nitrogens is 1. The van der Waals surface area contributed by atoms with Crippen LogP contribution in [0.5, 0.6) is 0 Å². The SMILES string of the molecule is CCC(C)(CC)C(=O)/C=C(\O)C(C)(CC)CC.Cc1c(CC(C)C)oc2ccc3oc4c(-c5[c-]c6ccccc6c(C(C)(C)C)c5)nccc4c3c12.[Ir]. The largest absolute Gasteiger partial charge is 0.512 e. The number of fused-ring (bicyclic) bond motifs is 6. The summed E-state index contributed by atoms with van der Waals surface area (Å²) in [7, 11) is 0. The molecule has 0 spiro atoms. The molecule has 6 heteroatoms. The van der Waals surface area contributed by atoms with Gasteiger partial charge in [-0.1, -0.05) is 105 Å². The van der Waals surface area contributed by atoms with Crippen molar-refractivity contribution in [2.24, 2.45) is 16.7 Å². The van der Waals surface area contributed by atoms with Gasteiger partial charge in [0.2, 0.25) is 0 Å². The van der Waals surface area contributed by atoms with Crippen molar-refractivity contribution in [3.63, 3.8) is 0 Å². The van der Waals surface area contributed by atoms with Crippen molar-refractivity contribution < 1.29 is 38.8 Å². The van der Waals surface area contributed by atoms with Gasteiger partial charge in [0.15, 0.2) is 5.78 Å². The van der Waals surface area contributed by atoms with Crippen LogP contribution in [0.15, 0.2) is 75.4 Å². The summed E-state index contributed by atoms with van der Waals surface area (Å²) in [5.74, 6) is 1.87. The molecule has 6 aromatic rings. The zero-order chi connectivity index (χ0) is 38.2. The molecule has 0 atom stereocenters. The van der Waals surface area contributed by atoms with Crippen molar-refractivity contribution in [3.8, 4) is 11.3 Å². The number of nitrogens with zero attached hydrogens (tertiary/aromatic N) is 1. The molecule has 6 rings (SSSR count). The molecule has 0 aliphatic heterocycles. The summed E-state index contributed by atoms with van der Waals surface area (Å²) in [5, 5.41) is 15.8. The van der Waals surface area contributed by atoms with Crippen LogP contribution in [0, 0.1) is 29.7 Å². The monoisotopic (exact) mass is 893 g/mol. The second kappa shape index (κ2) is 16.3. The fourth-order valence-corrected chi connectivity index (χ4v) is 7.00. The molecule has 285 valence electrons. The minimum absolute atomic E-state index is 0. The van der Waals surface area contributed by atoms with E-state index in [1.54, 1.807) is 0 Å². The molecule has 5 nitrogen and oxygen atoms in total. The molecule has 3 heterocycles. The summed E-state index contributed by atoms with van der Waals surface area (Å²) < 4.78 is 12.8. The number of pyridine rings is 1. The van der Waals surface area contributed by atoms with Gasteiger partial charge in [-0.25, -0.2) is 0 Å². The molecule has 0 aliphatic carbocycles. The maximum Gasteiger partial charge on any atom is 0.164 e. The number of aliphatic hydroxyl groups is 1. The first-order valence-electron chi connectivity index (χ1n) is 19.1. The number of hydrogen-bond acceptors (Lipinski definition) is 5. The first-order chi connectivity index (χ1) is 24.5. The van der Waals surface area contributed by atoms with Crippen LogP contribution in [-0.4, -0.2) is 15.9 Å². The minimum Gasteiger partial charge on any atom is -0.512 e. The summed E-state index contributed by atoms with van der Waals surface area (Å²) >= 11 is 0. The second-order valence-electron chi connectivity index (χ2n) is 16.5. The van der Waals surface area contributed by atoms with E-state index in [0.29, 0.717) is 5.92 Å². The number of carbonyl (C=O) groups excluding carboxylic acids is 1. The number of benzene rings is 3. The molecule has 0 amide bonds. The molecule has 0 unspecified atom stereocenters. The van der Waals surface area contributed by atoms with Crippen molar-refractivity contribution >= 4 is 49.5 Å². The van der Waals surface area contributed by atoms with Crippen LogP contribution in [0.4, 0.5) is 0 Å². The van der Waals surface area contributed by atoms with Crippen molar-refractivity contribution in [1.82, 2.24) is 4.98 Å². The fraction of sp³-hybridized carbons (Fsp3) is 0.447. The van der Waals surface area contributed by atoms with Crippen LogP contribution in [-0.2, 0) is 36.7 Å². The summed E-state index contributed by atoms with van der Waals surface area (Å²) in [4.78, 5) is 17.0. The van der Waals surface area contributed by atoms with E-state index in [1.807, 2.05) is 59.9 Å². The predicted molar refractivity (Wildman–Crippen MR) is 218 cm³/mol. The van der Waals surface area contributed by atoms with Crippen LogP contribution < -0.4 is 0 Å². The van der Waals surface area contributed by atoms with Crippen LogP contribution in [0.2, 0.25) is 0 Å². The van der Waals surface area contributed by atoms with E-state index in [0.717, 1.165) is 87.4 Å². The van der Waals surface area contributed by atoms with Crippen LogP contribution in [0.1, 0.15) is 119 Å². The zero-order valence-electron chi connectivity index (χ0n) is 33.8. The van der Waals surface area contributed by atoms with Gasteiger partial charge in [0.1, 0.15) is 28.3 Å². The molecule has 3 aromatic heterocycles. The predicted octanol–water partition coefficient (Wildman–Crippen LogP) is 13.8. The normalized spacial score (nSPS) is 12.8. The van der Waals surface area contributed by atoms with Crippen molar-refractivity contribution in [2.45, 2.75) is 121 Å². The molecule has 0 saturated carbocycles. The van der Waals surface area contributed by atoms with Crippen molar-refractivity contribution in [1.29, 1.82) is 0 Å².